The highest BCUT2D eigenvalue weighted by atomic mass is 19.1. The first-order valence-electron chi connectivity index (χ1n) is 6.27. The van der Waals surface area contributed by atoms with Crippen LogP contribution >= 0.6 is 0 Å². The molecule has 0 radical (unpaired) electrons. The minimum Gasteiger partial charge on any atom is -0.368 e. The number of hydrogen-bond donors (Lipinski definition) is 1. The molecule has 0 fully saturated rings. The number of nitrogens with two attached hydrogens (primary N) is 1. The highest BCUT2D eigenvalue weighted by Crippen LogP contribution is 2.22. The van der Waals surface area contributed by atoms with Gasteiger partial charge in [0.1, 0.15) is 11.6 Å². The zero-order valence-electron chi connectivity index (χ0n) is 11.3. The monoisotopic (exact) mass is 279 g/mol. The van der Waals surface area contributed by atoms with Crippen LogP contribution in [0.1, 0.15) is 13.8 Å². The van der Waals surface area contributed by atoms with E-state index in [0.29, 0.717) is 19.0 Å². The second-order valence-electron chi connectivity index (χ2n) is 4.11. The van der Waals surface area contributed by atoms with E-state index in [0.717, 1.165) is 12.1 Å². The largest absolute Gasteiger partial charge is 0.368 e. The Hall–Kier alpha value is -2.31. The van der Waals surface area contributed by atoms with Crippen LogP contribution in [0.4, 0.5) is 20.7 Å². The number of halogens is 2. The number of anilines is 2. The maximum absolute atomic E-state index is 13.8. The predicted octanol–water partition coefficient (Wildman–Crippen LogP) is 2.25. The van der Waals surface area contributed by atoms with Crippen LogP contribution in [0.5, 0.6) is 0 Å². The van der Waals surface area contributed by atoms with Crippen molar-refractivity contribution in [1.82, 2.24) is 15.0 Å². The van der Waals surface area contributed by atoms with E-state index < -0.39 is 11.6 Å². The molecule has 0 atom stereocenters. The molecular formula is C13H15F2N5. The summed E-state index contributed by atoms with van der Waals surface area (Å²) < 4.78 is 26.7. The van der Waals surface area contributed by atoms with Gasteiger partial charge in [-0.3, -0.25) is 0 Å². The van der Waals surface area contributed by atoms with Crippen LogP contribution in [0.2, 0.25) is 0 Å². The van der Waals surface area contributed by atoms with E-state index in [2.05, 4.69) is 15.0 Å². The topological polar surface area (TPSA) is 67.9 Å². The Morgan fingerprint density at radius 1 is 1.10 bits per heavy atom. The summed E-state index contributed by atoms with van der Waals surface area (Å²) in [5, 5.41) is 0. The Morgan fingerprint density at radius 3 is 2.40 bits per heavy atom. The van der Waals surface area contributed by atoms with E-state index in [-0.39, 0.29) is 17.3 Å². The second kappa shape index (κ2) is 5.77. The third kappa shape index (κ3) is 2.81. The first-order valence-corrected chi connectivity index (χ1v) is 6.27. The van der Waals surface area contributed by atoms with Crippen LogP contribution in [0, 0.1) is 11.6 Å². The molecular weight excluding hydrogens is 264 g/mol. The van der Waals surface area contributed by atoms with Gasteiger partial charge in [0.15, 0.2) is 5.82 Å². The lowest BCUT2D eigenvalue weighted by molar-refractivity contribution is 0.585. The predicted molar refractivity (Wildman–Crippen MR) is 73.2 cm³/mol. The van der Waals surface area contributed by atoms with Crippen molar-refractivity contribution in [1.29, 1.82) is 0 Å². The lowest BCUT2D eigenvalue weighted by atomic mass is 10.2. The molecule has 0 aliphatic rings. The first-order chi connectivity index (χ1) is 9.55. The third-order valence-electron chi connectivity index (χ3n) is 2.86. The Balaban J connectivity index is 2.51. The number of hydrogen-bond acceptors (Lipinski definition) is 5. The van der Waals surface area contributed by atoms with E-state index in [1.54, 1.807) is 0 Å². The number of nitrogen functional groups attached to an aromatic ring is 1. The molecule has 1 heterocycles. The van der Waals surface area contributed by atoms with Gasteiger partial charge >= 0.3 is 0 Å². The van der Waals surface area contributed by atoms with Crippen LogP contribution < -0.4 is 10.6 Å². The summed E-state index contributed by atoms with van der Waals surface area (Å²) in [6, 6.07) is 3.22. The zero-order valence-corrected chi connectivity index (χ0v) is 11.3. The van der Waals surface area contributed by atoms with Crippen LogP contribution in [0.25, 0.3) is 11.4 Å². The molecule has 1 aromatic carbocycles. The van der Waals surface area contributed by atoms with Gasteiger partial charge in [0.05, 0.1) is 5.56 Å². The molecule has 0 amide bonds. The molecule has 1 aromatic heterocycles. The Kier molecular flexibility index (Phi) is 4.07. The highest BCUT2D eigenvalue weighted by Gasteiger charge is 2.14. The van der Waals surface area contributed by atoms with Gasteiger partial charge in [-0.25, -0.2) is 8.78 Å². The van der Waals surface area contributed by atoms with Gasteiger partial charge in [-0.2, -0.15) is 15.0 Å². The molecule has 5 nitrogen and oxygen atoms in total. The Bertz CT molecular complexity index is 614. The summed E-state index contributed by atoms with van der Waals surface area (Å²) in [5.41, 5.74) is 5.73. The Morgan fingerprint density at radius 2 is 1.80 bits per heavy atom. The van der Waals surface area contributed by atoms with Gasteiger partial charge in [-0.1, -0.05) is 0 Å². The molecule has 2 rings (SSSR count). The molecule has 0 aliphatic carbocycles. The van der Waals surface area contributed by atoms with Crippen molar-refractivity contribution in [3.63, 3.8) is 0 Å². The van der Waals surface area contributed by atoms with Crippen molar-refractivity contribution in [3.8, 4) is 11.4 Å². The lowest BCUT2D eigenvalue weighted by Gasteiger charge is -2.18. The van der Waals surface area contributed by atoms with Crippen LogP contribution in [0.15, 0.2) is 18.2 Å². The van der Waals surface area contributed by atoms with Crippen molar-refractivity contribution in [2.45, 2.75) is 13.8 Å². The highest BCUT2D eigenvalue weighted by molar-refractivity contribution is 5.58. The molecule has 7 heteroatoms. The fourth-order valence-electron chi connectivity index (χ4n) is 1.82. The molecule has 0 saturated carbocycles. The van der Waals surface area contributed by atoms with E-state index in [1.165, 1.54) is 6.07 Å². The fourth-order valence-corrected chi connectivity index (χ4v) is 1.82. The van der Waals surface area contributed by atoms with Gasteiger partial charge < -0.3 is 10.6 Å². The number of rotatable bonds is 4. The fraction of sp³-hybridized carbons (Fsp3) is 0.308. The van der Waals surface area contributed by atoms with Crippen molar-refractivity contribution >= 4 is 11.9 Å². The number of benzene rings is 1. The summed E-state index contributed by atoms with van der Waals surface area (Å²) >= 11 is 0. The zero-order chi connectivity index (χ0) is 14.7. The molecule has 2 aromatic rings. The minimum atomic E-state index is -0.735. The molecule has 0 aliphatic heterocycles. The quantitative estimate of drug-likeness (QED) is 0.929. The van der Waals surface area contributed by atoms with Crippen LogP contribution in [0.3, 0.4) is 0 Å². The molecule has 0 saturated heterocycles. The standard InChI is InChI=1S/C13H15F2N5/c1-3-20(4-2)13-18-11(17-12(16)19-13)9-6-5-8(14)7-10(9)15/h5-7H,3-4H2,1-2H3,(H2,16,17,18,19). The maximum Gasteiger partial charge on any atom is 0.230 e. The molecule has 0 unspecified atom stereocenters. The van der Waals surface area contributed by atoms with Gasteiger partial charge in [0.25, 0.3) is 0 Å². The molecule has 106 valence electrons. The average molecular weight is 279 g/mol. The van der Waals surface area contributed by atoms with Crippen molar-refractivity contribution in [3.05, 3.63) is 29.8 Å². The second-order valence-corrected chi connectivity index (χ2v) is 4.11. The third-order valence-corrected chi connectivity index (χ3v) is 2.86. The number of aromatic nitrogens is 3. The van der Waals surface area contributed by atoms with E-state index in [9.17, 15) is 8.78 Å². The molecule has 0 spiro atoms. The van der Waals surface area contributed by atoms with E-state index >= 15 is 0 Å². The molecule has 0 bridgehead atoms. The van der Waals surface area contributed by atoms with Crippen LogP contribution in [-0.2, 0) is 0 Å². The average Bonchev–Trinajstić information content (AvgIpc) is 2.39. The van der Waals surface area contributed by atoms with E-state index in [4.69, 9.17) is 5.73 Å². The van der Waals surface area contributed by atoms with Crippen molar-refractivity contribution < 1.29 is 8.78 Å². The van der Waals surface area contributed by atoms with Crippen molar-refractivity contribution in [2.24, 2.45) is 0 Å². The summed E-state index contributed by atoms with van der Waals surface area (Å²) in [5.74, 6) is -0.919. The molecule has 2 N–H and O–H groups in total. The minimum absolute atomic E-state index is 0.000579. The van der Waals surface area contributed by atoms with Gasteiger partial charge in [0.2, 0.25) is 11.9 Å². The lowest BCUT2D eigenvalue weighted by Crippen LogP contribution is -2.25. The Labute approximate surface area is 115 Å². The maximum atomic E-state index is 13.8. The molecule has 20 heavy (non-hydrogen) atoms. The summed E-state index contributed by atoms with van der Waals surface area (Å²) in [6.45, 7) is 5.26. The van der Waals surface area contributed by atoms with Crippen molar-refractivity contribution in [2.75, 3.05) is 23.7 Å². The van der Waals surface area contributed by atoms with E-state index in [1.807, 2.05) is 18.7 Å². The normalized spacial score (nSPS) is 10.6. The SMILES string of the molecule is CCN(CC)c1nc(N)nc(-c2ccc(F)cc2F)n1. The van der Waals surface area contributed by atoms with Crippen LogP contribution in [-0.4, -0.2) is 28.0 Å². The van der Waals surface area contributed by atoms with Gasteiger partial charge in [-0.15, -0.1) is 0 Å². The number of nitrogens with zero attached hydrogens (tertiary/aromatic N) is 4. The smallest absolute Gasteiger partial charge is 0.230 e. The van der Waals surface area contributed by atoms with Gasteiger partial charge in [-0.05, 0) is 26.0 Å². The summed E-state index contributed by atoms with van der Waals surface area (Å²) in [7, 11) is 0. The summed E-state index contributed by atoms with van der Waals surface area (Å²) in [6.07, 6.45) is 0. The first kappa shape index (κ1) is 14.1. The summed E-state index contributed by atoms with van der Waals surface area (Å²) in [4.78, 5) is 14.0. The van der Waals surface area contributed by atoms with Gasteiger partial charge in [0, 0.05) is 19.2 Å².